The predicted octanol–water partition coefficient (Wildman–Crippen LogP) is 4.51. The fourth-order valence-corrected chi connectivity index (χ4v) is 2.28. The van der Waals surface area contributed by atoms with Crippen LogP contribution in [0.3, 0.4) is 0 Å². The molecule has 0 aliphatic carbocycles. The molecular weight excluding hydrogens is 224 g/mol. The Hall–Kier alpha value is -0.600. The van der Waals surface area contributed by atoms with E-state index in [2.05, 4.69) is 20.1 Å². The van der Waals surface area contributed by atoms with E-state index >= 15 is 0 Å². The Balaban J connectivity index is 4.09. The van der Waals surface area contributed by atoms with Crippen molar-refractivity contribution in [2.75, 3.05) is 14.2 Å². The Labute approximate surface area is 113 Å². The van der Waals surface area contributed by atoms with Gasteiger partial charge in [-0.2, -0.15) is 0 Å². The van der Waals surface area contributed by atoms with Crippen molar-refractivity contribution in [3.8, 4) is 0 Å². The van der Waals surface area contributed by atoms with Gasteiger partial charge in [-0.3, -0.25) is 0 Å². The summed E-state index contributed by atoms with van der Waals surface area (Å²) in [5.74, 6) is 0. The predicted molar refractivity (Wildman–Crippen MR) is 78.9 cm³/mol. The fourth-order valence-electron chi connectivity index (χ4n) is 2.28. The lowest BCUT2D eigenvalue weighted by Crippen LogP contribution is -2.41. The fraction of sp³-hybridized carbons (Fsp3) is 0.750. The topological polar surface area (TPSA) is 18.5 Å². The zero-order valence-corrected chi connectivity index (χ0v) is 12.4. The number of rotatable bonds is 12. The molecule has 2 heteroatoms. The summed E-state index contributed by atoms with van der Waals surface area (Å²) in [6.07, 6.45) is 12.3. The highest BCUT2D eigenvalue weighted by atomic mass is 16.5. The third-order valence-electron chi connectivity index (χ3n) is 3.60. The molecule has 0 N–H and O–H groups in total. The molecule has 1 unspecified atom stereocenters. The van der Waals surface area contributed by atoms with Crippen LogP contribution in [0.2, 0.25) is 0 Å². The molecule has 2 nitrogen and oxygen atoms in total. The van der Waals surface area contributed by atoms with E-state index in [-0.39, 0.29) is 6.10 Å². The van der Waals surface area contributed by atoms with Crippen LogP contribution in [-0.2, 0) is 9.47 Å². The average molecular weight is 254 g/mol. The van der Waals surface area contributed by atoms with Crippen molar-refractivity contribution in [3.05, 3.63) is 25.3 Å². The van der Waals surface area contributed by atoms with Gasteiger partial charge in [-0.1, -0.05) is 70.8 Å². The summed E-state index contributed by atoms with van der Waals surface area (Å²) in [6.45, 7) is 9.91. The standard InChI is InChI=1S/C16H30O2/c1-6-9-10-11-12-13-14-15(17-4)16(7-2,8-3)18-5/h7-8,15H,2-3,6,9-14H2,1,4-5H3. The minimum absolute atomic E-state index is 0.00340. The van der Waals surface area contributed by atoms with E-state index in [1.165, 1.54) is 32.1 Å². The summed E-state index contributed by atoms with van der Waals surface area (Å²) in [5.41, 5.74) is -0.557. The second-order valence-corrected chi connectivity index (χ2v) is 4.75. The number of unbranched alkanes of at least 4 members (excludes halogenated alkanes) is 5. The van der Waals surface area contributed by atoms with Crippen molar-refractivity contribution in [1.82, 2.24) is 0 Å². The van der Waals surface area contributed by atoms with Gasteiger partial charge in [-0.05, 0) is 6.42 Å². The molecule has 0 saturated carbocycles. The van der Waals surface area contributed by atoms with E-state index < -0.39 is 5.60 Å². The van der Waals surface area contributed by atoms with Crippen LogP contribution in [0.5, 0.6) is 0 Å². The maximum atomic E-state index is 5.55. The minimum Gasteiger partial charge on any atom is -0.378 e. The van der Waals surface area contributed by atoms with Crippen molar-refractivity contribution in [2.45, 2.75) is 63.6 Å². The average Bonchev–Trinajstić information content (AvgIpc) is 2.42. The maximum absolute atomic E-state index is 5.55. The first kappa shape index (κ1) is 17.4. The van der Waals surface area contributed by atoms with Crippen molar-refractivity contribution in [1.29, 1.82) is 0 Å². The van der Waals surface area contributed by atoms with Gasteiger partial charge in [0.1, 0.15) is 5.60 Å². The van der Waals surface area contributed by atoms with Crippen molar-refractivity contribution in [2.24, 2.45) is 0 Å². The molecule has 0 amide bonds. The largest absolute Gasteiger partial charge is 0.378 e. The lowest BCUT2D eigenvalue weighted by molar-refractivity contribution is -0.0618. The first-order valence-electron chi connectivity index (χ1n) is 7.05. The highest BCUT2D eigenvalue weighted by molar-refractivity contribution is 5.14. The second kappa shape index (κ2) is 10.3. The van der Waals surface area contributed by atoms with Crippen molar-refractivity contribution in [3.63, 3.8) is 0 Å². The van der Waals surface area contributed by atoms with E-state index in [4.69, 9.17) is 9.47 Å². The van der Waals surface area contributed by atoms with Gasteiger partial charge in [0.05, 0.1) is 6.10 Å². The van der Waals surface area contributed by atoms with E-state index in [9.17, 15) is 0 Å². The van der Waals surface area contributed by atoms with Gasteiger partial charge in [0.15, 0.2) is 0 Å². The third-order valence-corrected chi connectivity index (χ3v) is 3.60. The number of hydrogen-bond donors (Lipinski definition) is 0. The molecule has 1 atom stereocenters. The zero-order valence-electron chi connectivity index (χ0n) is 12.4. The Kier molecular flexibility index (Phi) is 9.99. The van der Waals surface area contributed by atoms with E-state index in [0.717, 1.165) is 12.8 Å². The van der Waals surface area contributed by atoms with Crippen molar-refractivity contribution >= 4 is 0 Å². The minimum atomic E-state index is -0.557. The third kappa shape index (κ3) is 5.36. The summed E-state index contributed by atoms with van der Waals surface area (Å²) in [4.78, 5) is 0. The maximum Gasteiger partial charge on any atom is 0.129 e. The highest BCUT2D eigenvalue weighted by Crippen LogP contribution is 2.25. The summed E-state index contributed by atoms with van der Waals surface area (Å²) >= 11 is 0. The molecule has 0 rings (SSSR count). The van der Waals surface area contributed by atoms with Gasteiger partial charge in [0.25, 0.3) is 0 Å². The van der Waals surface area contributed by atoms with Crippen LogP contribution in [0.1, 0.15) is 51.9 Å². The van der Waals surface area contributed by atoms with Gasteiger partial charge >= 0.3 is 0 Å². The quantitative estimate of drug-likeness (QED) is 0.377. The lowest BCUT2D eigenvalue weighted by atomic mass is 9.92. The molecule has 0 saturated heterocycles. The van der Waals surface area contributed by atoms with E-state index in [1.807, 2.05) is 0 Å². The lowest BCUT2D eigenvalue weighted by Gasteiger charge is -2.33. The number of hydrogen-bond acceptors (Lipinski definition) is 2. The molecule has 0 fully saturated rings. The van der Waals surface area contributed by atoms with Crippen LogP contribution in [0.25, 0.3) is 0 Å². The normalized spacial score (nSPS) is 13.3. The van der Waals surface area contributed by atoms with E-state index in [1.54, 1.807) is 26.4 Å². The molecule has 0 heterocycles. The van der Waals surface area contributed by atoms with Crippen LogP contribution in [-0.4, -0.2) is 25.9 Å². The smallest absolute Gasteiger partial charge is 0.129 e. The van der Waals surface area contributed by atoms with E-state index in [0.29, 0.717) is 0 Å². The molecule has 0 aliphatic rings. The molecule has 0 aromatic heterocycles. The van der Waals surface area contributed by atoms with Crippen LogP contribution >= 0.6 is 0 Å². The summed E-state index contributed by atoms with van der Waals surface area (Å²) in [6, 6.07) is 0. The van der Waals surface area contributed by atoms with Gasteiger partial charge < -0.3 is 9.47 Å². The van der Waals surface area contributed by atoms with Crippen LogP contribution in [0, 0.1) is 0 Å². The Morgan fingerprint density at radius 1 is 1.00 bits per heavy atom. The van der Waals surface area contributed by atoms with Gasteiger partial charge in [-0.15, -0.1) is 0 Å². The van der Waals surface area contributed by atoms with Crippen LogP contribution in [0.4, 0.5) is 0 Å². The summed E-state index contributed by atoms with van der Waals surface area (Å²) in [5, 5.41) is 0. The van der Waals surface area contributed by atoms with Gasteiger partial charge in [-0.25, -0.2) is 0 Å². The molecule has 18 heavy (non-hydrogen) atoms. The van der Waals surface area contributed by atoms with Crippen LogP contribution < -0.4 is 0 Å². The molecular formula is C16H30O2. The highest BCUT2D eigenvalue weighted by Gasteiger charge is 2.32. The molecule has 0 bridgehead atoms. The molecule has 0 aliphatic heterocycles. The zero-order chi connectivity index (χ0) is 13.9. The van der Waals surface area contributed by atoms with Gasteiger partial charge in [0.2, 0.25) is 0 Å². The molecule has 0 aromatic carbocycles. The number of ether oxygens (including phenoxy) is 2. The number of methoxy groups -OCH3 is 2. The summed E-state index contributed by atoms with van der Waals surface area (Å²) in [7, 11) is 3.40. The Morgan fingerprint density at radius 3 is 2.00 bits per heavy atom. The molecule has 0 radical (unpaired) electrons. The van der Waals surface area contributed by atoms with Gasteiger partial charge in [0, 0.05) is 14.2 Å². The Bertz CT molecular complexity index is 215. The summed E-state index contributed by atoms with van der Waals surface area (Å²) < 4.78 is 11.1. The Morgan fingerprint density at radius 2 is 1.56 bits per heavy atom. The van der Waals surface area contributed by atoms with Crippen molar-refractivity contribution < 1.29 is 9.47 Å². The molecule has 0 spiro atoms. The monoisotopic (exact) mass is 254 g/mol. The first-order valence-corrected chi connectivity index (χ1v) is 7.05. The second-order valence-electron chi connectivity index (χ2n) is 4.75. The molecule has 0 aromatic rings. The SMILES string of the molecule is C=CC(C=C)(OC)C(CCCCCCCC)OC. The first-order chi connectivity index (χ1) is 8.70. The van der Waals surface area contributed by atoms with Crippen LogP contribution in [0.15, 0.2) is 25.3 Å². The molecule has 106 valence electrons.